The van der Waals surface area contributed by atoms with Crippen LogP contribution in [0.1, 0.15) is 18.4 Å². The van der Waals surface area contributed by atoms with E-state index >= 15 is 0 Å². The SMILES string of the molecule is COc1cc(CN2CCC(C(=O)O)CC2)ccc1O. The van der Waals surface area contributed by atoms with Crippen LogP contribution in [-0.2, 0) is 11.3 Å². The van der Waals surface area contributed by atoms with Gasteiger partial charge < -0.3 is 14.9 Å². The molecule has 1 aromatic rings. The maximum atomic E-state index is 10.9. The van der Waals surface area contributed by atoms with Crippen LogP contribution in [-0.4, -0.2) is 41.3 Å². The molecule has 5 nitrogen and oxygen atoms in total. The zero-order valence-corrected chi connectivity index (χ0v) is 11.0. The number of methoxy groups -OCH3 is 1. The third-order valence-electron chi connectivity index (χ3n) is 3.59. The highest BCUT2D eigenvalue weighted by molar-refractivity contribution is 5.70. The maximum absolute atomic E-state index is 10.9. The molecule has 1 aromatic carbocycles. The minimum absolute atomic E-state index is 0.135. The smallest absolute Gasteiger partial charge is 0.306 e. The first-order valence-electron chi connectivity index (χ1n) is 6.41. The van der Waals surface area contributed by atoms with Gasteiger partial charge in [0.05, 0.1) is 13.0 Å². The number of aromatic hydroxyl groups is 1. The number of likely N-dealkylation sites (tertiary alicyclic amines) is 1. The maximum Gasteiger partial charge on any atom is 0.306 e. The summed E-state index contributed by atoms with van der Waals surface area (Å²) in [6.07, 6.45) is 1.40. The van der Waals surface area contributed by atoms with Crippen LogP contribution < -0.4 is 4.74 Å². The summed E-state index contributed by atoms with van der Waals surface area (Å²) in [5.41, 5.74) is 1.06. The van der Waals surface area contributed by atoms with Crippen LogP contribution in [0.3, 0.4) is 0 Å². The van der Waals surface area contributed by atoms with Gasteiger partial charge in [-0.05, 0) is 43.6 Å². The molecule has 5 heteroatoms. The predicted molar refractivity (Wildman–Crippen MR) is 70.3 cm³/mol. The van der Waals surface area contributed by atoms with Gasteiger partial charge in [0, 0.05) is 6.54 Å². The van der Waals surface area contributed by atoms with Crippen molar-refractivity contribution in [3.63, 3.8) is 0 Å². The fourth-order valence-electron chi connectivity index (χ4n) is 2.42. The molecular formula is C14H19NO4. The summed E-state index contributed by atoms with van der Waals surface area (Å²) in [4.78, 5) is 13.1. The van der Waals surface area contributed by atoms with Crippen LogP contribution in [0.25, 0.3) is 0 Å². The Morgan fingerprint density at radius 2 is 2.11 bits per heavy atom. The van der Waals surface area contributed by atoms with Gasteiger partial charge in [-0.2, -0.15) is 0 Å². The predicted octanol–water partition coefficient (Wildman–Crippen LogP) is 1.70. The fourth-order valence-corrected chi connectivity index (χ4v) is 2.42. The van der Waals surface area contributed by atoms with Crippen molar-refractivity contribution in [2.24, 2.45) is 5.92 Å². The van der Waals surface area contributed by atoms with Gasteiger partial charge in [0.1, 0.15) is 0 Å². The van der Waals surface area contributed by atoms with Gasteiger partial charge in [-0.15, -0.1) is 0 Å². The van der Waals surface area contributed by atoms with E-state index in [1.807, 2.05) is 12.1 Å². The molecule has 104 valence electrons. The number of rotatable bonds is 4. The molecule has 2 rings (SSSR count). The number of piperidine rings is 1. The molecule has 0 bridgehead atoms. The molecule has 1 fully saturated rings. The molecule has 1 aliphatic heterocycles. The highest BCUT2D eigenvalue weighted by Gasteiger charge is 2.24. The van der Waals surface area contributed by atoms with E-state index in [1.165, 1.54) is 7.11 Å². The Hall–Kier alpha value is -1.75. The van der Waals surface area contributed by atoms with Crippen molar-refractivity contribution >= 4 is 5.97 Å². The Morgan fingerprint density at radius 1 is 1.42 bits per heavy atom. The van der Waals surface area contributed by atoms with Crippen molar-refractivity contribution in [1.29, 1.82) is 0 Å². The molecule has 2 N–H and O–H groups in total. The zero-order valence-electron chi connectivity index (χ0n) is 11.0. The normalized spacial score (nSPS) is 17.3. The number of phenols is 1. The molecule has 0 amide bonds. The molecule has 1 saturated heterocycles. The summed E-state index contributed by atoms with van der Waals surface area (Å²) >= 11 is 0. The summed E-state index contributed by atoms with van der Waals surface area (Å²) in [5, 5.41) is 18.5. The largest absolute Gasteiger partial charge is 0.504 e. The van der Waals surface area contributed by atoms with E-state index in [1.54, 1.807) is 6.07 Å². The second kappa shape index (κ2) is 5.93. The van der Waals surface area contributed by atoms with Gasteiger partial charge in [-0.25, -0.2) is 0 Å². The Morgan fingerprint density at radius 3 is 2.68 bits per heavy atom. The van der Waals surface area contributed by atoms with E-state index < -0.39 is 5.97 Å². The quantitative estimate of drug-likeness (QED) is 0.867. The van der Waals surface area contributed by atoms with E-state index in [0.717, 1.165) is 25.2 Å². The minimum Gasteiger partial charge on any atom is -0.504 e. The van der Waals surface area contributed by atoms with E-state index in [0.29, 0.717) is 18.6 Å². The molecule has 0 spiro atoms. The first kappa shape index (κ1) is 13.7. The Balaban J connectivity index is 1.94. The van der Waals surface area contributed by atoms with Crippen molar-refractivity contribution in [3.05, 3.63) is 23.8 Å². The molecular weight excluding hydrogens is 246 g/mol. The Kier molecular flexibility index (Phi) is 4.27. The highest BCUT2D eigenvalue weighted by atomic mass is 16.5. The molecule has 0 aliphatic carbocycles. The van der Waals surface area contributed by atoms with E-state index in [2.05, 4.69) is 4.90 Å². The first-order valence-corrected chi connectivity index (χ1v) is 6.41. The van der Waals surface area contributed by atoms with Crippen LogP contribution >= 0.6 is 0 Å². The Labute approximate surface area is 112 Å². The number of carboxylic acids is 1. The number of phenolic OH excluding ortho intramolecular Hbond substituents is 1. The van der Waals surface area contributed by atoms with Crippen LogP contribution in [0.2, 0.25) is 0 Å². The van der Waals surface area contributed by atoms with E-state index in [4.69, 9.17) is 9.84 Å². The van der Waals surface area contributed by atoms with Gasteiger partial charge in [-0.1, -0.05) is 6.07 Å². The van der Waals surface area contributed by atoms with Gasteiger partial charge in [0.2, 0.25) is 0 Å². The minimum atomic E-state index is -0.689. The second-order valence-electron chi connectivity index (χ2n) is 4.89. The molecule has 0 unspecified atom stereocenters. The lowest BCUT2D eigenvalue weighted by atomic mass is 9.97. The molecule has 0 radical (unpaired) electrons. The van der Waals surface area contributed by atoms with E-state index in [9.17, 15) is 9.90 Å². The lowest BCUT2D eigenvalue weighted by Gasteiger charge is -2.30. The number of benzene rings is 1. The molecule has 1 aliphatic rings. The lowest BCUT2D eigenvalue weighted by molar-refractivity contribution is -0.143. The van der Waals surface area contributed by atoms with Crippen LogP contribution in [0.15, 0.2) is 18.2 Å². The van der Waals surface area contributed by atoms with Crippen LogP contribution in [0.5, 0.6) is 11.5 Å². The summed E-state index contributed by atoms with van der Waals surface area (Å²) in [6.45, 7) is 2.34. The molecule has 0 atom stereocenters. The van der Waals surface area contributed by atoms with Crippen LogP contribution in [0, 0.1) is 5.92 Å². The number of carbonyl (C=O) groups is 1. The van der Waals surface area contributed by atoms with Crippen LogP contribution in [0.4, 0.5) is 0 Å². The van der Waals surface area contributed by atoms with Gasteiger partial charge in [-0.3, -0.25) is 9.69 Å². The second-order valence-corrected chi connectivity index (χ2v) is 4.89. The molecule has 0 saturated carbocycles. The fraction of sp³-hybridized carbons (Fsp3) is 0.500. The highest BCUT2D eigenvalue weighted by Crippen LogP contribution is 2.27. The number of ether oxygens (including phenoxy) is 1. The van der Waals surface area contributed by atoms with Crippen molar-refractivity contribution < 1.29 is 19.7 Å². The van der Waals surface area contributed by atoms with Crippen molar-refractivity contribution in [2.45, 2.75) is 19.4 Å². The third kappa shape index (κ3) is 3.38. The monoisotopic (exact) mass is 265 g/mol. The van der Waals surface area contributed by atoms with Crippen molar-refractivity contribution in [3.8, 4) is 11.5 Å². The van der Waals surface area contributed by atoms with Gasteiger partial charge >= 0.3 is 5.97 Å². The molecule has 0 aromatic heterocycles. The summed E-state index contributed by atoms with van der Waals surface area (Å²) in [7, 11) is 1.52. The van der Waals surface area contributed by atoms with Crippen molar-refractivity contribution in [1.82, 2.24) is 4.90 Å². The molecule has 1 heterocycles. The first-order chi connectivity index (χ1) is 9.10. The average molecular weight is 265 g/mol. The average Bonchev–Trinajstić information content (AvgIpc) is 2.41. The molecule has 19 heavy (non-hydrogen) atoms. The van der Waals surface area contributed by atoms with Gasteiger partial charge in [0.25, 0.3) is 0 Å². The summed E-state index contributed by atoms with van der Waals surface area (Å²) in [5.74, 6) is -0.287. The van der Waals surface area contributed by atoms with Gasteiger partial charge in [0.15, 0.2) is 11.5 Å². The number of hydrogen-bond acceptors (Lipinski definition) is 4. The number of hydrogen-bond donors (Lipinski definition) is 2. The standard InChI is InChI=1S/C14H19NO4/c1-19-13-8-10(2-3-12(13)16)9-15-6-4-11(5-7-15)14(17)18/h2-3,8,11,16H,4-7,9H2,1H3,(H,17,18). The zero-order chi connectivity index (χ0) is 13.8. The lowest BCUT2D eigenvalue weighted by Crippen LogP contribution is -2.35. The number of aliphatic carboxylic acids is 1. The Bertz CT molecular complexity index is 453. The summed E-state index contributed by atoms with van der Waals surface area (Å²) < 4.78 is 5.08. The topological polar surface area (TPSA) is 70.0 Å². The summed E-state index contributed by atoms with van der Waals surface area (Å²) in [6, 6.07) is 5.30. The number of nitrogens with zero attached hydrogens (tertiary/aromatic N) is 1. The van der Waals surface area contributed by atoms with E-state index in [-0.39, 0.29) is 11.7 Å². The van der Waals surface area contributed by atoms with Crippen molar-refractivity contribution in [2.75, 3.05) is 20.2 Å². The number of carboxylic acid groups (broad SMARTS) is 1. The third-order valence-corrected chi connectivity index (χ3v) is 3.59.